The Morgan fingerprint density at radius 1 is 0.296 bits per heavy atom. The van der Waals surface area contributed by atoms with Crippen LogP contribution in [-0.4, -0.2) is 0 Å². The average molecular weight is 688 g/mol. The lowest BCUT2D eigenvalue weighted by molar-refractivity contribution is 0.671. The lowest BCUT2D eigenvalue weighted by Crippen LogP contribution is -2.11. The van der Waals surface area contributed by atoms with Gasteiger partial charge in [-0.05, 0) is 67.7 Å². The Morgan fingerprint density at radius 3 is 1.30 bits per heavy atom. The fraction of sp³-hybridized carbons (Fsp3) is 0. The number of hydrogen-bond donors (Lipinski definition) is 0. The number of fused-ring (bicyclic) bond motifs is 9. The molecule has 0 aliphatic heterocycles. The second-order valence-corrected chi connectivity index (χ2v) is 14.0. The molecule has 0 unspecified atom stereocenters. The standard InChI is InChI=1S/C52H33NO/c1-2-15-34(16-3-1)41-27-13-29-47-48-30-14-28-42(52(48)54-51(41)47)35-19-12-20-38(31-35)53(49-32-36-17-4-6-21-39(36)43-23-8-10-25-45(43)49)50-33-37-18-5-7-22-40(37)44-24-9-11-26-46(44)50/h1-33H. The number of benzene rings is 10. The Morgan fingerprint density at radius 2 is 0.722 bits per heavy atom. The number of nitrogens with zero attached hydrogens (tertiary/aromatic N) is 1. The van der Waals surface area contributed by atoms with Gasteiger partial charge in [0, 0.05) is 38.4 Å². The van der Waals surface area contributed by atoms with Gasteiger partial charge in [0.25, 0.3) is 0 Å². The Labute approximate surface area is 312 Å². The molecule has 11 aromatic rings. The minimum Gasteiger partial charge on any atom is -0.455 e. The third kappa shape index (κ3) is 4.74. The molecule has 54 heavy (non-hydrogen) atoms. The van der Waals surface area contributed by atoms with E-state index >= 15 is 0 Å². The molecule has 0 radical (unpaired) electrons. The first-order valence-corrected chi connectivity index (χ1v) is 18.5. The fourth-order valence-corrected chi connectivity index (χ4v) is 8.55. The fourth-order valence-electron chi connectivity index (χ4n) is 8.55. The summed E-state index contributed by atoms with van der Waals surface area (Å²) >= 11 is 0. The molecule has 0 bridgehead atoms. The lowest BCUT2D eigenvalue weighted by Gasteiger charge is -2.29. The topological polar surface area (TPSA) is 16.4 Å². The van der Waals surface area contributed by atoms with E-state index in [0.29, 0.717) is 0 Å². The molecule has 11 rings (SSSR count). The molecule has 2 heteroatoms. The number of anilines is 3. The number of rotatable bonds is 5. The largest absolute Gasteiger partial charge is 0.455 e. The second-order valence-electron chi connectivity index (χ2n) is 14.0. The van der Waals surface area contributed by atoms with Crippen molar-refractivity contribution in [3.05, 3.63) is 200 Å². The Kier molecular flexibility index (Phi) is 6.90. The maximum Gasteiger partial charge on any atom is 0.143 e. The average Bonchev–Trinajstić information content (AvgIpc) is 3.64. The van der Waals surface area contributed by atoms with Gasteiger partial charge in [-0.3, -0.25) is 0 Å². The van der Waals surface area contributed by atoms with Crippen molar-refractivity contribution in [1.29, 1.82) is 0 Å². The molecule has 252 valence electrons. The maximum absolute atomic E-state index is 6.89. The third-order valence-electron chi connectivity index (χ3n) is 11.0. The molecule has 2 nitrogen and oxygen atoms in total. The van der Waals surface area contributed by atoms with Crippen LogP contribution in [-0.2, 0) is 0 Å². The normalized spacial score (nSPS) is 11.7. The molecule has 10 aromatic carbocycles. The molecule has 0 aliphatic carbocycles. The van der Waals surface area contributed by atoms with Crippen LogP contribution < -0.4 is 4.90 Å². The highest BCUT2D eigenvalue weighted by atomic mass is 16.3. The predicted octanol–water partition coefficient (Wildman–Crippen LogP) is 15.0. The van der Waals surface area contributed by atoms with Crippen molar-refractivity contribution in [2.75, 3.05) is 4.90 Å². The van der Waals surface area contributed by atoms with Crippen molar-refractivity contribution in [1.82, 2.24) is 0 Å². The van der Waals surface area contributed by atoms with Crippen LogP contribution in [0.25, 0.3) is 87.3 Å². The summed E-state index contributed by atoms with van der Waals surface area (Å²) in [6.07, 6.45) is 0. The van der Waals surface area contributed by atoms with E-state index in [2.05, 4.69) is 205 Å². The van der Waals surface area contributed by atoms with Crippen LogP contribution in [0.3, 0.4) is 0 Å². The highest BCUT2D eigenvalue weighted by Crippen LogP contribution is 2.47. The number of furan rings is 1. The molecular formula is C52H33NO. The van der Waals surface area contributed by atoms with Crippen molar-refractivity contribution >= 4 is 82.1 Å². The first-order chi connectivity index (χ1) is 26.8. The van der Waals surface area contributed by atoms with Crippen LogP contribution in [0.4, 0.5) is 17.1 Å². The van der Waals surface area contributed by atoms with Crippen LogP contribution in [0.5, 0.6) is 0 Å². The Balaban J connectivity index is 1.19. The molecule has 0 aliphatic rings. The van der Waals surface area contributed by atoms with Gasteiger partial charge in [-0.15, -0.1) is 0 Å². The van der Waals surface area contributed by atoms with E-state index in [1.165, 1.54) is 43.1 Å². The highest BCUT2D eigenvalue weighted by Gasteiger charge is 2.22. The van der Waals surface area contributed by atoms with Gasteiger partial charge in [-0.1, -0.05) is 176 Å². The monoisotopic (exact) mass is 687 g/mol. The zero-order valence-electron chi connectivity index (χ0n) is 29.4. The van der Waals surface area contributed by atoms with Crippen LogP contribution in [0.1, 0.15) is 0 Å². The predicted molar refractivity (Wildman–Crippen MR) is 229 cm³/mol. The van der Waals surface area contributed by atoms with Crippen molar-refractivity contribution in [2.45, 2.75) is 0 Å². The quantitative estimate of drug-likeness (QED) is 0.168. The minimum absolute atomic E-state index is 0.895. The van der Waals surface area contributed by atoms with E-state index in [9.17, 15) is 0 Å². The highest BCUT2D eigenvalue weighted by molar-refractivity contribution is 6.19. The Hall–Kier alpha value is -7.16. The summed E-state index contributed by atoms with van der Waals surface area (Å²) in [7, 11) is 0. The molecule has 0 atom stereocenters. The van der Waals surface area contributed by atoms with Gasteiger partial charge in [0.15, 0.2) is 0 Å². The molecule has 0 N–H and O–H groups in total. The summed E-state index contributed by atoms with van der Waals surface area (Å²) in [5, 5.41) is 12.0. The molecular weight excluding hydrogens is 655 g/mol. The van der Waals surface area contributed by atoms with E-state index < -0.39 is 0 Å². The van der Waals surface area contributed by atoms with Crippen molar-refractivity contribution in [2.24, 2.45) is 0 Å². The van der Waals surface area contributed by atoms with Gasteiger partial charge < -0.3 is 9.32 Å². The summed E-state index contributed by atoms with van der Waals surface area (Å²) in [4.78, 5) is 2.47. The van der Waals surface area contributed by atoms with Gasteiger partial charge >= 0.3 is 0 Å². The van der Waals surface area contributed by atoms with Gasteiger partial charge in [0.2, 0.25) is 0 Å². The minimum atomic E-state index is 0.895. The van der Waals surface area contributed by atoms with E-state index in [1.807, 2.05) is 0 Å². The third-order valence-corrected chi connectivity index (χ3v) is 11.0. The maximum atomic E-state index is 6.89. The van der Waals surface area contributed by atoms with Crippen LogP contribution in [0.2, 0.25) is 0 Å². The Bertz CT molecular complexity index is 3110. The number of hydrogen-bond acceptors (Lipinski definition) is 2. The van der Waals surface area contributed by atoms with E-state index in [4.69, 9.17) is 4.42 Å². The zero-order valence-corrected chi connectivity index (χ0v) is 29.4. The summed E-state index contributed by atoms with van der Waals surface area (Å²) in [6, 6.07) is 72.2. The van der Waals surface area contributed by atoms with Gasteiger partial charge in [-0.2, -0.15) is 0 Å². The van der Waals surface area contributed by atoms with Gasteiger partial charge in [0.05, 0.1) is 11.4 Å². The molecule has 0 spiro atoms. The lowest BCUT2D eigenvalue weighted by atomic mass is 9.96. The van der Waals surface area contributed by atoms with E-state index in [-0.39, 0.29) is 0 Å². The zero-order chi connectivity index (χ0) is 35.6. The first-order valence-electron chi connectivity index (χ1n) is 18.5. The van der Waals surface area contributed by atoms with Crippen LogP contribution in [0.15, 0.2) is 205 Å². The van der Waals surface area contributed by atoms with E-state index in [0.717, 1.165) is 61.3 Å². The van der Waals surface area contributed by atoms with Gasteiger partial charge in [0.1, 0.15) is 11.2 Å². The first kappa shape index (κ1) is 30.5. The summed E-state index contributed by atoms with van der Waals surface area (Å²) in [5.41, 5.74) is 9.56. The SMILES string of the molecule is c1ccc(-c2cccc3c2oc2c(-c4cccc(N(c5cc6ccccc6c6ccccc56)c5cc6ccccc6c6ccccc56)c4)cccc23)cc1. The summed E-state index contributed by atoms with van der Waals surface area (Å²) in [5.74, 6) is 0. The number of para-hydroxylation sites is 2. The van der Waals surface area contributed by atoms with Crippen LogP contribution in [0, 0.1) is 0 Å². The molecule has 0 saturated carbocycles. The van der Waals surface area contributed by atoms with Crippen molar-refractivity contribution in [3.8, 4) is 22.3 Å². The molecule has 0 amide bonds. The van der Waals surface area contributed by atoms with Gasteiger partial charge in [-0.25, -0.2) is 0 Å². The van der Waals surface area contributed by atoms with Crippen LogP contribution >= 0.6 is 0 Å². The van der Waals surface area contributed by atoms with Crippen molar-refractivity contribution < 1.29 is 4.42 Å². The summed E-state index contributed by atoms with van der Waals surface area (Å²) < 4.78 is 6.89. The molecule has 1 aromatic heterocycles. The molecule has 0 fully saturated rings. The summed E-state index contributed by atoms with van der Waals surface area (Å²) in [6.45, 7) is 0. The molecule has 1 heterocycles. The smallest absolute Gasteiger partial charge is 0.143 e. The van der Waals surface area contributed by atoms with E-state index in [1.54, 1.807) is 0 Å². The molecule has 0 saturated heterocycles. The second kappa shape index (κ2) is 12.2. The van der Waals surface area contributed by atoms with Crippen molar-refractivity contribution in [3.63, 3.8) is 0 Å².